The molecule has 116 valence electrons. The fourth-order valence-electron chi connectivity index (χ4n) is 2.26. The summed E-state index contributed by atoms with van der Waals surface area (Å²) in [6.45, 7) is 6.02. The van der Waals surface area contributed by atoms with Crippen molar-refractivity contribution in [3.8, 4) is 5.75 Å². The maximum absolute atomic E-state index is 5.52. The Hall–Kier alpha value is -0.370. The third-order valence-corrected chi connectivity index (χ3v) is 6.45. The Balaban J connectivity index is 2.48. The average molecular weight is 437 g/mol. The predicted octanol–water partition coefficient (Wildman–Crippen LogP) is 4.59. The molecule has 21 heavy (non-hydrogen) atoms. The summed E-state index contributed by atoms with van der Waals surface area (Å²) in [7, 11) is 1.69. The lowest BCUT2D eigenvalue weighted by Gasteiger charge is -2.19. The number of nitrogens with zero attached hydrogens (tertiary/aromatic N) is 2. The minimum atomic E-state index is 0.0756. The van der Waals surface area contributed by atoms with Crippen molar-refractivity contribution in [1.29, 1.82) is 0 Å². The first-order valence-electron chi connectivity index (χ1n) is 6.90. The number of hydrogen-bond donors (Lipinski definition) is 1. The van der Waals surface area contributed by atoms with Crippen molar-refractivity contribution in [1.82, 2.24) is 15.1 Å². The van der Waals surface area contributed by atoms with Crippen LogP contribution in [0, 0.1) is 0 Å². The number of aromatic nitrogens is 2. The lowest BCUT2D eigenvalue weighted by atomic mass is 10.1. The van der Waals surface area contributed by atoms with Crippen LogP contribution in [0.1, 0.15) is 36.9 Å². The van der Waals surface area contributed by atoms with E-state index in [1.165, 1.54) is 4.88 Å². The lowest BCUT2D eigenvalue weighted by molar-refractivity contribution is 0.399. The van der Waals surface area contributed by atoms with Crippen LogP contribution in [0.15, 0.2) is 20.5 Å². The molecule has 0 aromatic carbocycles. The molecule has 2 rings (SSSR count). The van der Waals surface area contributed by atoms with Gasteiger partial charge >= 0.3 is 0 Å². The second-order valence-electron chi connectivity index (χ2n) is 4.58. The number of methoxy groups -OCH3 is 1. The van der Waals surface area contributed by atoms with E-state index in [-0.39, 0.29) is 6.04 Å². The van der Waals surface area contributed by atoms with Crippen molar-refractivity contribution in [2.75, 3.05) is 13.7 Å². The summed E-state index contributed by atoms with van der Waals surface area (Å²) in [6, 6.07) is 2.22. The van der Waals surface area contributed by atoms with Crippen LogP contribution in [0.3, 0.4) is 0 Å². The fourth-order valence-corrected chi connectivity index (χ4v) is 4.43. The summed E-state index contributed by atoms with van der Waals surface area (Å²) < 4.78 is 9.72. The quantitative estimate of drug-likeness (QED) is 0.689. The van der Waals surface area contributed by atoms with E-state index < -0.39 is 0 Å². The fraction of sp³-hybridized carbons (Fsp3) is 0.500. The standard InChI is InChI=1S/C14H19Br2N3OS/c1-4-6-19-13(10(20-3)8-18-19)12(17-5-2)11-7-9(15)14(16)21-11/h7-8,12,17H,4-6H2,1-3H3. The molecular weight excluding hydrogens is 418 g/mol. The number of thiophene rings is 1. The molecule has 2 aromatic rings. The molecule has 0 aliphatic rings. The maximum atomic E-state index is 5.52. The zero-order chi connectivity index (χ0) is 15.4. The van der Waals surface area contributed by atoms with Gasteiger partial charge in [0, 0.05) is 15.9 Å². The van der Waals surface area contributed by atoms with E-state index in [0.29, 0.717) is 0 Å². The van der Waals surface area contributed by atoms with Gasteiger partial charge in [-0.2, -0.15) is 5.10 Å². The predicted molar refractivity (Wildman–Crippen MR) is 94.3 cm³/mol. The van der Waals surface area contributed by atoms with Crippen LogP contribution in [-0.2, 0) is 6.54 Å². The van der Waals surface area contributed by atoms with E-state index in [1.807, 2.05) is 4.68 Å². The van der Waals surface area contributed by atoms with Crippen molar-refractivity contribution in [3.05, 3.63) is 31.1 Å². The van der Waals surface area contributed by atoms with Gasteiger partial charge in [0.2, 0.25) is 0 Å². The van der Waals surface area contributed by atoms with E-state index >= 15 is 0 Å². The van der Waals surface area contributed by atoms with Gasteiger partial charge in [-0.05, 0) is 50.9 Å². The summed E-state index contributed by atoms with van der Waals surface area (Å²) in [5, 5.41) is 8.01. The molecule has 0 amide bonds. The first-order valence-corrected chi connectivity index (χ1v) is 9.30. The van der Waals surface area contributed by atoms with E-state index in [9.17, 15) is 0 Å². The molecule has 0 bridgehead atoms. The molecular formula is C14H19Br2N3OS. The van der Waals surface area contributed by atoms with Crippen molar-refractivity contribution in [2.24, 2.45) is 0 Å². The normalized spacial score (nSPS) is 12.6. The molecule has 0 aliphatic carbocycles. The Bertz CT molecular complexity index is 578. The summed E-state index contributed by atoms with van der Waals surface area (Å²) >= 11 is 8.86. The van der Waals surface area contributed by atoms with E-state index in [2.05, 4.69) is 62.2 Å². The maximum Gasteiger partial charge on any atom is 0.161 e. The SMILES string of the molecule is CCCn1ncc(OC)c1C(NCC)c1cc(Br)c(Br)s1. The Labute approximate surface area is 146 Å². The zero-order valence-corrected chi connectivity index (χ0v) is 16.3. The Morgan fingerprint density at radius 3 is 2.71 bits per heavy atom. The van der Waals surface area contributed by atoms with Crippen LogP contribution < -0.4 is 10.1 Å². The molecule has 0 saturated carbocycles. The number of ether oxygens (including phenoxy) is 1. The molecule has 4 nitrogen and oxygen atoms in total. The van der Waals surface area contributed by atoms with Crippen LogP contribution in [0.2, 0.25) is 0 Å². The highest BCUT2D eigenvalue weighted by molar-refractivity contribution is 9.13. The first-order chi connectivity index (χ1) is 10.1. The van der Waals surface area contributed by atoms with E-state index in [1.54, 1.807) is 24.6 Å². The van der Waals surface area contributed by atoms with Crippen LogP contribution in [0.5, 0.6) is 5.75 Å². The highest BCUT2D eigenvalue weighted by Gasteiger charge is 2.25. The second kappa shape index (κ2) is 7.76. The van der Waals surface area contributed by atoms with Gasteiger partial charge < -0.3 is 10.1 Å². The monoisotopic (exact) mass is 435 g/mol. The first kappa shape index (κ1) is 17.0. The topological polar surface area (TPSA) is 39.1 Å². The van der Waals surface area contributed by atoms with Crippen LogP contribution in [0.4, 0.5) is 0 Å². The number of rotatable bonds is 7. The molecule has 2 aromatic heterocycles. The third kappa shape index (κ3) is 3.70. The molecule has 7 heteroatoms. The van der Waals surface area contributed by atoms with Gasteiger partial charge in [-0.3, -0.25) is 4.68 Å². The largest absolute Gasteiger partial charge is 0.493 e. The Morgan fingerprint density at radius 2 is 2.19 bits per heavy atom. The molecule has 0 aliphatic heterocycles. The van der Waals surface area contributed by atoms with Gasteiger partial charge in [0.15, 0.2) is 5.75 Å². The molecule has 0 spiro atoms. The van der Waals surface area contributed by atoms with Gasteiger partial charge in [-0.25, -0.2) is 0 Å². The molecule has 0 radical (unpaired) electrons. The number of nitrogens with one attached hydrogen (secondary N) is 1. The van der Waals surface area contributed by atoms with E-state index in [4.69, 9.17) is 4.74 Å². The van der Waals surface area contributed by atoms with Gasteiger partial charge in [0.05, 0.1) is 23.1 Å². The highest BCUT2D eigenvalue weighted by Crippen LogP contribution is 2.39. The second-order valence-corrected chi connectivity index (χ2v) is 7.84. The van der Waals surface area contributed by atoms with E-state index in [0.717, 1.165) is 39.2 Å². The van der Waals surface area contributed by atoms with Crippen LogP contribution in [0.25, 0.3) is 0 Å². The molecule has 1 atom stereocenters. The minimum Gasteiger partial charge on any atom is -0.493 e. The third-order valence-electron chi connectivity index (χ3n) is 3.13. The number of halogens is 2. The van der Waals surface area contributed by atoms with Crippen molar-refractivity contribution in [2.45, 2.75) is 32.9 Å². The van der Waals surface area contributed by atoms with Gasteiger partial charge in [-0.1, -0.05) is 13.8 Å². The van der Waals surface area contributed by atoms with Crippen molar-refractivity contribution >= 4 is 43.2 Å². The molecule has 0 fully saturated rings. The van der Waals surface area contributed by atoms with Crippen LogP contribution in [-0.4, -0.2) is 23.4 Å². The average Bonchev–Trinajstić information content (AvgIpc) is 3.01. The van der Waals surface area contributed by atoms with Gasteiger partial charge in [0.1, 0.15) is 5.69 Å². The molecule has 0 saturated heterocycles. The molecule has 1 N–H and O–H groups in total. The van der Waals surface area contributed by atoms with Gasteiger partial charge in [0.25, 0.3) is 0 Å². The van der Waals surface area contributed by atoms with Crippen molar-refractivity contribution in [3.63, 3.8) is 0 Å². The molecule has 1 unspecified atom stereocenters. The van der Waals surface area contributed by atoms with Gasteiger partial charge in [-0.15, -0.1) is 11.3 Å². The lowest BCUT2D eigenvalue weighted by Crippen LogP contribution is -2.24. The Morgan fingerprint density at radius 1 is 1.43 bits per heavy atom. The molecule has 2 heterocycles. The highest BCUT2D eigenvalue weighted by atomic mass is 79.9. The Kier molecular flexibility index (Phi) is 6.28. The minimum absolute atomic E-state index is 0.0756. The smallest absolute Gasteiger partial charge is 0.161 e. The summed E-state index contributed by atoms with van der Waals surface area (Å²) in [4.78, 5) is 1.23. The number of aryl methyl sites for hydroxylation is 1. The summed E-state index contributed by atoms with van der Waals surface area (Å²) in [6.07, 6.45) is 2.83. The zero-order valence-electron chi connectivity index (χ0n) is 12.3. The summed E-state index contributed by atoms with van der Waals surface area (Å²) in [5.41, 5.74) is 1.09. The summed E-state index contributed by atoms with van der Waals surface area (Å²) in [5.74, 6) is 0.829. The number of hydrogen-bond acceptors (Lipinski definition) is 4. The van der Waals surface area contributed by atoms with Crippen LogP contribution >= 0.6 is 43.2 Å². The van der Waals surface area contributed by atoms with Crippen molar-refractivity contribution < 1.29 is 4.74 Å².